The molecule has 0 bridgehead atoms. The number of aliphatic carboxylic acids is 1. The fourth-order valence-corrected chi connectivity index (χ4v) is 3.05. The van der Waals surface area contributed by atoms with E-state index in [0.29, 0.717) is 25.8 Å². The number of primary amides is 1. The first-order valence-corrected chi connectivity index (χ1v) is 9.72. The summed E-state index contributed by atoms with van der Waals surface area (Å²) >= 11 is 0. The van der Waals surface area contributed by atoms with Gasteiger partial charge in [0, 0.05) is 13.0 Å². The fourth-order valence-electron chi connectivity index (χ4n) is 3.05. The van der Waals surface area contributed by atoms with Crippen LogP contribution in [-0.2, 0) is 24.0 Å². The molecule has 0 aromatic heterocycles. The van der Waals surface area contributed by atoms with Crippen LogP contribution in [0.5, 0.6) is 0 Å². The SMILES string of the molecule is CCC(C)C(N)C(=O)NC(CCC(N)=O)C(=O)NCC(=O)N1CCCC1C(=O)O. The normalized spacial score (nSPS) is 19.1. The predicted octanol–water partition coefficient (Wildman–Crippen LogP) is -1.70. The van der Waals surface area contributed by atoms with Gasteiger partial charge in [0.05, 0.1) is 12.6 Å². The summed E-state index contributed by atoms with van der Waals surface area (Å²) in [6.07, 6.45) is 1.41. The Balaban J connectivity index is 2.71. The third-order valence-electron chi connectivity index (χ3n) is 5.14. The number of hydrogen-bond donors (Lipinski definition) is 5. The number of hydrogen-bond acceptors (Lipinski definition) is 6. The Morgan fingerprint density at radius 3 is 2.41 bits per heavy atom. The number of nitrogens with zero attached hydrogens (tertiary/aromatic N) is 1. The van der Waals surface area contributed by atoms with Crippen molar-refractivity contribution in [3.8, 4) is 0 Å². The molecule has 1 fully saturated rings. The molecular formula is C18H31N5O6. The lowest BCUT2D eigenvalue weighted by atomic mass is 9.98. The van der Waals surface area contributed by atoms with Crippen molar-refractivity contribution in [1.82, 2.24) is 15.5 Å². The van der Waals surface area contributed by atoms with E-state index < -0.39 is 54.3 Å². The van der Waals surface area contributed by atoms with Gasteiger partial charge in [0.1, 0.15) is 12.1 Å². The molecule has 1 saturated heterocycles. The van der Waals surface area contributed by atoms with Crippen LogP contribution in [0.25, 0.3) is 0 Å². The lowest BCUT2D eigenvalue weighted by Crippen LogP contribution is -2.54. The Labute approximate surface area is 169 Å². The zero-order valence-electron chi connectivity index (χ0n) is 16.8. The zero-order valence-corrected chi connectivity index (χ0v) is 16.8. The molecule has 0 saturated carbocycles. The summed E-state index contributed by atoms with van der Waals surface area (Å²) in [7, 11) is 0. The lowest BCUT2D eigenvalue weighted by Gasteiger charge is -2.24. The van der Waals surface area contributed by atoms with Gasteiger partial charge in [-0.3, -0.25) is 19.2 Å². The highest BCUT2D eigenvalue weighted by molar-refractivity contribution is 5.93. The highest BCUT2D eigenvalue weighted by atomic mass is 16.4. The van der Waals surface area contributed by atoms with Crippen molar-refractivity contribution in [2.75, 3.05) is 13.1 Å². The van der Waals surface area contributed by atoms with Gasteiger partial charge in [-0.2, -0.15) is 0 Å². The summed E-state index contributed by atoms with van der Waals surface area (Å²) < 4.78 is 0. The van der Waals surface area contributed by atoms with Gasteiger partial charge in [-0.15, -0.1) is 0 Å². The van der Waals surface area contributed by atoms with E-state index >= 15 is 0 Å². The largest absolute Gasteiger partial charge is 0.480 e. The molecule has 1 aliphatic rings. The summed E-state index contributed by atoms with van der Waals surface area (Å²) in [5.74, 6) is -3.58. The van der Waals surface area contributed by atoms with Gasteiger partial charge >= 0.3 is 5.97 Å². The van der Waals surface area contributed by atoms with E-state index in [-0.39, 0.29) is 18.8 Å². The predicted molar refractivity (Wildman–Crippen MR) is 103 cm³/mol. The minimum atomic E-state index is -1.09. The molecule has 0 aromatic rings. The molecule has 4 unspecified atom stereocenters. The number of amides is 4. The molecule has 11 heteroatoms. The van der Waals surface area contributed by atoms with Crippen LogP contribution in [0.1, 0.15) is 46.0 Å². The van der Waals surface area contributed by atoms with E-state index in [9.17, 15) is 24.0 Å². The van der Waals surface area contributed by atoms with Crippen molar-refractivity contribution in [3.05, 3.63) is 0 Å². The molecule has 4 amide bonds. The molecule has 29 heavy (non-hydrogen) atoms. The minimum Gasteiger partial charge on any atom is -0.480 e. The molecule has 164 valence electrons. The molecule has 1 rings (SSSR count). The smallest absolute Gasteiger partial charge is 0.326 e. The minimum absolute atomic E-state index is 0.0458. The summed E-state index contributed by atoms with van der Waals surface area (Å²) in [6.45, 7) is 3.57. The van der Waals surface area contributed by atoms with Gasteiger partial charge in [-0.05, 0) is 25.2 Å². The number of nitrogens with one attached hydrogen (secondary N) is 2. The fraction of sp³-hybridized carbons (Fsp3) is 0.722. The van der Waals surface area contributed by atoms with Crippen molar-refractivity contribution in [1.29, 1.82) is 0 Å². The van der Waals surface area contributed by atoms with E-state index in [1.807, 2.05) is 6.92 Å². The third-order valence-corrected chi connectivity index (χ3v) is 5.14. The quantitative estimate of drug-likeness (QED) is 0.267. The molecular weight excluding hydrogens is 382 g/mol. The molecule has 1 heterocycles. The monoisotopic (exact) mass is 413 g/mol. The highest BCUT2D eigenvalue weighted by Gasteiger charge is 2.34. The lowest BCUT2D eigenvalue weighted by molar-refractivity contribution is -0.148. The average molecular weight is 413 g/mol. The molecule has 0 spiro atoms. The van der Waals surface area contributed by atoms with Crippen LogP contribution in [0.15, 0.2) is 0 Å². The maximum absolute atomic E-state index is 12.5. The van der Waals surface area contributed by atoms with Crippen LogP contribution in [0.3, 0.4) is 0 Å². The van der Waals surface area contributed by atoms with E-state index in [4.69, 9.17) is 16.6 Å². The second-order valence-corrected chi connectivity index (χ2v) is 7.28. The van der Waals surface area contributed by atoms with Crippen molar-refractivity contribution in [2.24, 2.45) is 17.4 Å². The van der Waals surface area contributed by atoms with Crippen molar-refractivity contribution in [3.63, 3.8) is 0 Å². The second kappa shape index (κ2) is 11.3. The zero-order chi connectivity index (χ0) is 22.1. The van der Waals surface area contributed by atoms with Crippen LogP contribution in [0.2, 0.25) is 0 Å². The number of carboxylic acid groups (broad SMARTS) is 1. The van der Waals surface area contributed by atoms with E-state index in [0.717, 1.165) is 0 Å². The topological polar surface area (TPSA) is 185 Å². The maximum Gasteiger partial charge on any atom is 0.326 e. The Bertz CT molecular complexity index is 640. The van der Waals surface area contributed by atoms with Crippen LogP contribution in [0, 0.1) is 5.92 Å². The van der Waals surface area contributed by atoms with Gasteiger partial charge < -0.3 is 32.1 Å². The molecule has 11 nitrogen and oxygen atoms in total. The van der Waals surface area contributed by atoms with Gasteiger partial charge in [-0.25, -0.2) is 4.79 Å². The summed E-state index contributed by atoms with van der Waals surface area (Å²) in [5, 5.41) is 14.1. The van der Waals surface area contributed by atoms with Crippen LogP contribution in [0.4, 0.5) is 0 Å². The van der Waals surface area contributed by atoms with Crippen molar-refractivity contribution < 1.29 is 29.1 Å². The highest BCUT2D eigenvalue weighted by Crippen LogP contribution is 2.17. The Morgan fingerprint density at radius 1 is 1.21 bits per heavy atom. The number of carboxylic acids is 1. The number of nitrogens with two attached hydrogens (primary N) is 2. The third kappa shape index (κ3) is 7.33. The van der Waals surface area contributed by atoms with Crippen molar-refractivity contribution in [2.45, 2.75) is 64.1 Å². The molecule has 7 N–H and O–H groups in total. The first kappa shape index (κ1) is 24.3. The van der Waals surface area contributed by atoms with Gasteiger partial charge in [-0.1, -0.05) is 20.3 Å². The van der Waals surface area contributed by atoms with Gasteiger partial charge in [0.2, 0.25) is 23.6 Å². The molecule has 0 aliphatic carbocycles. The number of carbonyl (C=O) groups is 5. The Hall–Kier alpha value is -2.69. The number of likely N-dealkylation sites (tertiary alicyclic amines) is 1. The Morgan fingerprint density at radius 2 is 1.86 bits per heavy atom. The number of carbonyl (C=O) groups excluding carboxylic acids is 4. The van der Waals surface area contributed by atoms with Crippen LogP contribution < -0.4 is 22.1 Å². The summed E-state index contributed by atoms with van der Waals surface area (Å²) in [6, 6.07) is -2.82. The summed E-state index contributed by atoms with van der Waals surface area (Å²) in [5.41, 5.74) is 11.0. The first-order valence-electron chi connectivity index (χ1n) is 9.72. The molecule has 4 atom stereocenters. The van der Waals surface area contributed by atoms with E-state index in [2.05, 4.69) is 10.6 Å². The van der Waals surface area contributed by atoms with E-state index in [1.54, 1.807) is 6.92 Å². The average Bonchev–Trinajstić information content (AvgIpc) is 3.17. The van der Waals surface area contributed by atoms with Crippen LogP contribution in [-0.4, -0.2) is 70.8 Å². The molecule has 0 aromatic carbocycles. The molecule has 0 radical (unpaired) electrons. The Kier molecular flexibility index (Phi) is 9.53. The summed E-state index contributed by atoms with van der Waals surface area (Å²) in [4.78, 5) is 60.5. The van der Waals surface area contributed by atoms with Crippen LogP contribution >= 0.6 is 0 Å². The van der Waals surface area contributed by atoms with E-state index in [1.165, 1.54) is 4.90 Å². The maximum atomic E-state index is 12.5. The van der Waals surface area contributed by atoms with Gasteiger partial charge in [0.25, 0.3) is 0 Å². The van der Waals surface area contributed by atoms with Gasteiger partial charge in [0.15, 0.2) is 0 Å². The molecule has 1 aliphatic heterocycles. The first-order chi connectivity index (χ1) is 13.6. The second-order valence-electron chi connectivity index (χ2n) is 7.28. The standard InChI is InChI=1S/C18H31N5O6/c1-3-10(2)15(20)17(27)22-11(6-7-13(19)24)16(26)21-9-14(25)23-8-4-5-12(23)18(28)29/h10-12,15H,3-9,20H2,1-2H3,(H2,19,24)(H,21,26)(H,22,27)(H,28,29). The van der Waals surface area contributed by atoms with Crippen molar-refractivity contribution >= 4 is 29.6 Å². The number of rotatable bonds is 11.